The molecule has 1 aromatic carbocycles. The Morgan fingerprint density at radius 2 is 2.06 bits per heavy atom. The molecule has 0 amide bonds. The topological polar surface area (TPSA) is 41.8 Å². The molecular formula is C14H20N2. The first-order valence-corrected chi connectivity index (χ1v) is 6.04. The van der Waals surface area contributed by atoms with E-state index >= 15 is 0 Å². The predicted molar refractivity (Wildman–Crippen MR) is 69.6 cm³/mol. The molecule has 1 unspecified atom stereocenters. The Bertz CT molecular complexity index is 497. The average Bonchev–Trinajstić information content (AvgIpc) is 2.68. The Hall–Kier alpha value is -1.28. The molecule has 0 radical (unpaired) electrons. The SMILES string of the molecule is CCc1[nH]c2c(C)cccc2c1C(N)CC. The van der Waals surface area contributed by atoms with Gasteiger partial charge >= 0.3 is 0 Å². The van der Waals surface area contributed by atoms with Crippen LogP contribution in [0.15, 0.2) is 18.2 Å². The number of rotatable bonds is 3. The third-order valence-corrected chi connectivity index (χ3v) is 3.33. The number of nitrogens with one attached hydrogen (secondary N) is 1. The highest BCUT2D eigenvalue weighted by Gasteiger charge is 2.15. The van der Waals surface area contributed by atoms with Gasteiger partial charge in [0.2, 0.25) is 0 Å². The molecule has 0 saturated heterocycles. The number of nitrogens with two attached hydrogens (primary N) is 1. The quantitative estimate of drug-likeness (QED) is 0.810. The number of hydrogen-bond acceptors (Lipinski definition) is 1. The summed E-state index contributed by atoms with van der Waals surface area (Å²) < 4.78 is 0. The summed E-state index contributed by atoms with van der Waals surface area (Å²) in [5.41, 5.74) is 11.4. The zero-order valence-corrected chi connectivity index (χ0v) is 10.3. The Kier molecular flexibility index (Phi) is 3.01. The van der Waals surface area contributed by atoms with Gasteiger partial charge in [-0.2, -0.15) is 0 Å². The molecule has 0 saturated carbocycles. The molecule has 16 heavy (non-hydrogen) atoms. The third-order valence-electron chi connectivity index (χ3n) is 3.33. The van der Waals surface area contributed by atoms with Gasteiger partial charge in [-0.25, -0.2) is 0 Å². The van der Waals surface area contributed by atoms with E-state index in [9.17, 15) is 0 Å². The molecule has 2 rings (SSSR count). The summed E-state index contributed by atoms with van der Waals surface area (Å²) in [7, 11) is 0. The van der Waals surface area contributed by atoms with Crippen molar-refractivity contribution in [1.29, 1.82) is 0 Å². The van der Waals surface area contributed by atoms with E-state index in [0.717, 1.165) is 12.8 Å². The largest absolute Gasteiger partial charge is 0.358 e. The van der Waals surface area contributed by atoms with Crippen LogP contribution < -0.4 is 5.73 Å². The van der Waals surface area contributed by atoms with Crippen LogP contribution in [0.2, 0.25) is 0 Å². The molecule has 0 aliphatic rings. The minimum atomic E-state index is 0.144. The van der Waals surface area contributed by atoms with Crippen LogP contribution in [0.25, 0.3) is 10.9 Å². The summed E-state index contributed by atoms with van der Waals surface area (Å²) in [5.74, 6) is 0. The van der Waals surface area contributed by atoms with Crippen molar-refractivity contribution in [3.05, 3.63) is 35.0 Å². The van der Waals surface area contributed by atoms with Crippen molar-refractivity contribution >= 4 is 10.9 Å². The fourth-order valence-electron chi connectivity index (χ4n) is 2.35. The molecule has 3 N–H and O–H groups in total. The van der Waals surface area contributed by atoms with Crippen molar-refractivity contribution in [2.75, 3.05) is 0 Å². The van der Waals surface area contributed by atoms with Gasteiger partial charge in [0.25, 0.3) is 0 Å². The zero-order chi connectivity index (χ0) is 11.7. The molecule has 1 heterocycles. The summed E-state index contributed by atoms with van der Waals surface area (Å²) in [6, 6.07) is 6.56. The van der Waals surface area contributed by atoms with Gasteiger partial charge in [0.15, 0.2) is 0 Å². The predicted octanol–water partition coefficient (Wildman–Crippen LogP) is 3.45. The van der Waals surface area contributed by atoms with Crippen molar-refractivity contribution < 1.29 is 0 Å². The second-order valence-electron chi connectivity index (χ2n) is 4.38. The first-order valence-electron chi connectivity index (χ1n) is 6.04. The fourth-order valence-corrected chi connectivity index (χ4v) is 2.35. The maximum atomic E-state index is 6.21. The molecule has 2 nitrogen and oxygen atoms in total. The van der Waals surface area contributed by atoms with Crippen LogP contribution in [0.5, 0.6) is 0 Å². The highest BCUT2D eigenvalue weighted by molar-refractivity contribution is 5.87. The summed E-state index contributed by atoms with van der Waals surface area (Å²) in [6.45, 7) is 6.45. The van der Waals surface area contributed by atoms with Crippen molar-refractivity contribution in [1.82, 2.24) is 4.98 Å². The van der Waals surface area contributed by atoms with E-state index in [1.54, 1.807) is 0 Å². The highest BCUT2D eigenvalue weighted by atomic mass is 14.8. The Labute approximate surface area is 96.9 Å². The number of fused-ring (bicyclic) bond motifs is 1. The maximum Gasteiger partial charge on any atom is 0.0489 e. The van der Waals surface area contributed by atoms with E-state index in [1.165, 1.54) is 27.7 Å². The molecule has 86 valence electrons. The smallest absolute Gasteiger partial charge is 0.0489 e. The van der Waals surface area contributed by atoms with Gasteiger partial charge in [-0.15, -0.1) is 0 Å². The van der Waals surface area contributed by atoms with Gasteiger partial charge in [0.05, 0.1) is 0 Å². The lowest BCUT2D eigenvalue weighted by molar-refractivity contribution is 0.694. The number of hydrogen-bond donors (Lipinski definition) is 2. The van der Waals surface area contributed by atoms with Gasteiger partial charge in [-0.05, 0) is 30.9 Å². The Morgan fingerprint density at radius 3 is 2.69 bits per heavy atom. The molecular weight excluding hydrogens is 196 g/mol. The second-order valence-corrected chi connectivity index (χ2v) is 4.38. The summed E-state index contributed by atoms with van der Waals surface area (Å²) in [5, 5.41) is 1.30. The summed E-state index contributed by atoms with van der Waals surface area (Å²) in [6.07, 6.45) is 1.99. The first kappa shape index (κ1) is 11.2. The molecule has 2 aromatic rings. The molecule has 0 spiro atoms. The van der Waals surface area contributed by atoms with Crippen molar-refractivity contribution in [3.8, 4) is 0 Å². The third kappa shape index (κ3) is 1.63. The van der Waals surface area contributed by atoms with Crippen molar-refractivity contribution in [3.63, 3.8) is 0 Å². The van der Waals surface area contributed by atoms with Gasteiger partial charge in [0.1, 0.15) is 0 Å². The van der Waals surface area contributed by atoms with E-state index in [2.05, 4.69) is 44.0 Å². The lowest BCUT2D eigenvalue weighted by atomic mass is 9.99. The molecule has 0 aliphatic carbocycles. The minimum absolute atomic E-state index is 0.144. The van der Waals surface area contributed by atoms with Crippen LogP contribution in [0.3, 0.4) is 0 Å². The Balaban J connectivity index is 2.73. The number of H-pyrrole nitrogens is 1. The van der Waals surface area contributed by atoms with E-state index in [1.807, 2.05) is 0 Å². The second kappa shape index (κ2) is 4.30. The number of aromatic amines is 1. The fraction of sp³-hybridized carbons (Fsp3) is 0.429. The molecule has 1 aromatic heterocycles. The summed E-state index contributed by atoms with van der Waals surface area (Å²) >= 11 is 0. The normalized spacial score (nSPS) is 13.2. The van der Waals surface area contributed by atoms with Gasteiger partial charge in [-0.1, -0.05) is 32.0 Å². The lowest BCUT2D eigenvalue weighted by Crippen LogP contribution is -2.10. The molecule has 0 fully saturated rings. The number of aromatic nitrogens is 1. The van der Waals surface area contributed by atoms with Gasteiger partial charge < -0.3 is 10.7 Å². The van der Waals surface area contributed by atoms with E-state index in [-0.39, 0.29) is 6.04 Å². The minimum Gasteiger partial charge on any atom is -0.358 e. The van der Waals surface area contributed by atoms with Crippen molar-refractivity contribution in [2.24, 2.45) is 5.73 Å². The van der Waals surface area contributed by atoms with Crippen LogP contribution in [-0.4, -0.2) is 4.98 Å². The van der Waals surface area contributed by atoms with Crippen molar-refractivity contribution in [2.45, 2.75) is 39.7 Å². The average molecular weight is 216 g/mol. The monoisotopic (exact) mass is 216 g/mol. The molecule has 0 aliphatic heterocycles. The van der Waals surface area contributed by atoms with Crippen LogP contribution in [0.1, 0.15) is 43.1 Å². The highest BCUT2D eigenvalue weighted by Crippen LogP contribution is 2.30. The first-order chi connectivity index (χ1) is 7.69. The van der Waals surface area contributed by atoms with Crippen LogP contribution >= 0.6 is 0 Å². The lowest BCUT2D eigenvalue weighted by Gasteiger charge is -2.10. The maximum absolute atomic E-state index is 6.21. The van der Waals surface area contributed by atoms with Gasteiger partial charge in [0, 0.05) is 22.6 Å². The number of aryl methyl sites for hydroxylation is 2. The van der Waals surface area contributed by atoms with E-state index in [0.29, 0.717) is 0 Å². The Morgan fingerprint density at radius 1 is 1.31 bits per heavy atom. The van der Waals surface area contributed by atoms with E-state index in [4.69, 9.17) is 5.73 Å². The summed E-state index contributed by atoms with van der Waals surface area (Å²) in [4.78, 5) is 3.52. The number of benzene rings is 1. The number of para-hydroxylation sites is 1. The molecule has 0 bridgehead atoms. The van der Waals surface area contributed by atoms with Crippen LogP contribution in [-0.2, 0) is 6.42 Å². The molecule has 1 atom stereocenters. The standard InChI is InChI=1S/C14H20N2/c1-4-11(15)13-10-8-6-7-9(3)14(10)16-12(13)5-2/h6-8,11,16H,4-5,15H2,1-3H3. The molecule has 2 heteroatoms. The zero-order valence-electron chi connectivity index (χ0n) is 10.3. The van der Waals surface area contributed by atoms with Crippen LogP contribution in [0.4, 0.5) is 0 Å². The van der Waals surface area contributed by atoms with Gasteiger partial charge in [-0.3, -0.25) is 0 Å². The van der Waals surface area contributed by atoms with E-state index < -0.39 is 0 Å². The van der Waals surface area contributed by atoms with Crippen LogP contribution in [0, 0.1) is 6.92 Å².